The van der Waals surface area contributed by atoms with Gasteiger partial charge in [-0.1, -0.05) is 42.5 Å². The van der Waals surface area contributed by atoms with E-state index in [9.17, 15) is 4.79 Å². The smallest absolute Gasteiger partial charge is 0.164 e. The molecule has 0 fully saturated rings. The summed E-state index contributed by atoms with van der Waals surface area (Å²) in [5.74, 6) is 0.215. The quantitative estimate of drug-likeness (QED) is 0.803. The topological polar surface area (TPSA) is 23.6 Å². The Bertz CT molecular complexity index is 624. The molecular formula is C18H20N2O. The molecule has 3 rings (SSSR count). The van der Waals surface area contributed by atoms with Crippen LogP contribution in [0.5, 0.6) is 0 Å². The van der Waals surface area contributed by atoms with Crippen LogP contribution in [0.4, 0.5) is 11.4 Å². The molecule has 1 heterocycles. The summed E-state index contributed by atoms with van der Waals surface area (Å²) in [7, 11) is 2.12. The third-order valence-electron chi connectivity index (χ3n) is 4.04. The number of rotatable bonds is 4. The lowest BCUT2D eigenvalue weighted by molar-refractivity contribution is 0.0984. The molecule has 1 aliphatic rings. The van der Waals surface area contributed by atoms with Gasteiger partial charge in [0.15, 0.2) is 5.78 Å². The molecular weight excluding hydrogens is 260 g/mol. The molecule has 0 radical (unpaired) electrons. The maximum atomic E-state index is 12.2. The van der Waals surface area contributed by atoms with Gasteiger partial charge in [0.05, 0.1) is 11.4 Å². The summed E-state index contributed by atoms with van der Waals surface area (Å²) in [5, 5.41) is 0. The van der Waals surface area contributed by atoms with Crippen molar-refractivity contribution >= 4 is 17.2 Å². The molecule has 0 saturated carbocycles. The van der Waals surface area contributed by atoms with Crippen molar-refractivity contribution in [2.75, 3.05) is 36.5 Å². The van der Waals surface area contributed by atoms with Crippen molar-refractivity contribution in [2.24, 2.45) is 0 Å². The van der Waals surface area contributed by atoms with Crippen LogP contribution >= 0.6 is 0 Å². The highest BCUT2D eigenvalue weighted by atomic mass is 16.1. The van der Waals surface area contributed by atoms with Gasteiger partial charge in [-0.25, -0.2) is 0 Å². The summed E-state index contributed by atoms with van der Waals surface area (Å²) >= 11 is 0. The third kappa shape index (κ3) is 2.92. The van der Waals surface area contributed by atoms with E-state index in [2.05, 4.69) is 41.1 Å². The molecule has 108 valence electrons. The van der Waals surface area contributed by atoms with E-state index in [1.165, 1.54) is 11.4 Å². The van der Waals surface area contributed by atoms with Crippen LogP contribution in [0.25, 0.3) is 0 Å². The Balaban J connectivity index is 1.69. The van der Waals surface area contributed by atoms with E-state index in [0.29, 0.717) is 6.42 Å². The van der Waals surface area contributed by atoms with Crippen molar-refractivity contribution in [3.63, 3.8) is 0 Å². The largest absolute Gasteiger partial charge is 0.371 e. The molecule has 0 amide bonds. The fraction of sp³-hybridized carbons (Fsp3) is 0.278. The predicted octanol–water partition coefficient (Wildman–Crippen LogP) is 3.22. The normalized spacial score (nSPS) is 14.0. The standard InChI is InChI=1S/C18H20N2O/c1-19-13-14-20(17-10-6-5-9-16(17)19)12-11-18(21)15-7-3-2-4-8-15/h2-10H,11-14H2,1H3. The number of hydrogen-bond donors (Lipinski definition) is 0. The van der Waals surface area contributed by atoms with E-state index in [-0.39, 0.29) is 5.78 Å². The van der Waals surface area contributed by atoms with Gasteiger partial charge in [0, 0.05) is 38.7 Å². The Morgan fingerprint density at radius 3 is 2.38 bits per heavy atom. The van der Waals surface area contributed by atoms with Crippen molar-refractivity contribution in [1.82, 2.24) is 0 Å². The van der Waals surface area contributed by atoms with E-state index in [1.54, 1.807) is 0 Å². The van der Waals surface area contributed by atoms with Crippen molar-refractivity contribution in [1.29, 1.82) is 0 Å². The maximum absolute atomic E-state index is 12.2. The zero-order chi connectivity index (χ0) is 14.7. The summed E-state index contributed by atoms with van der Waals surface area (Å²) in [5.41, 5.74) is 3.28. The van der Waals surface area contributed by atoms with Gasteiger partial charge in [-0.05, 0) is 12.1 Å². The first-order valence-corrected chi connectivity index (χ1v) is 7.39. The number of Topliss-reactive ketones (excluding diaryl/α,β-unsaturated/α-hetero) is 1. The Labute approximate surface area is 125 Å². The van der Waals surface area contributed by atoms with E-state index in [4.69, 9.17) is 0 Å². The Morgan fingerprint density at radius 2 is 1.62 bits per heavy atom. The van der Waals surface area contributed by atoms with Crippen LogP contribution in [0.3, 0.4) is 0 Å². The molecule has 21 heavy (non-hydrogen) atoms. The fourth-order valence-electron chi connectivity index (χ4n) is 2.80. The van der Waals surface area contributed by atoms with Crippen molar-refractivity contribution < 1.29 is 4.79 Å². The van der Waals surface area contributed by atoms with Gasteiger partial charge < -0.3 is 9.80 Å². The molecule has 1 aliphatic heterocycles. The van der Waals surface area contributed by atoms with E-state index in [1.807, 2.05) is 30.3 Å². The van der Waals surface area contributed by atoms with Gasteiger partial charge in [0.1, 0.15) is 0 Å². The predicted molar refractivity (Wildman–Crippen MR) is 87.3 cm³/mol. The van der Waals surface area contributed by atoms with Crippen LogP contribution in [0.1, 0.15) is 16.8 Å². The zero-order valence-electron chi connectivity index (χ0n) is 12.3. The van der Waals surface area contributed by atoms with Gasteiger partial charge in [-0.3, -0.25) is 4.79 Å². The Hall–Kier alpha value is -2.29. The van der Waals surface area contributed by atoms with Gasteiger partial charge in [-0.2, -0.15) is 0 Å². The second-order valence-electron chi connectivity index (χ2n) is 5.44. The van der Waals surface area contributed by atoms with Crippen molar-refractivity contribution in [3.8, 4) is 0 Å². The first kappa shape index (κ1) is 13.7. The van der Waals surface area contributed by atoms with Gasteiger partial charge >= 0.3 is 0 Å². The number of carbonyl (C=O) groups is 1. The van der Waals surface area contributed by atoms with Crippen LogP contribution < -0.4 is 9.80 Å². The number of ketones is 1. The number of carbonyl (C=O) groups excluding carboxylic acids is 1. The lowest BCUT2D eigenvalue weighted by atomic mass is 10.1. The van der Waals surface area contributed by atoms with Gasteiger partial charge in [0.25, 0.3) is 0 Å². The van der Waals surface area contributed by atoms with Gasteiger partial charge in [0.2, 0.25) is 0 Å². The van der Waals surface area contributed by atoms with E-state index < -0.39 is 0 Å². The molecule has 2 aromatic carbocycles. The minimum absolute atomic E-state index is 0.215. The van der Waals surface area contributed by atoms with Gasteiger partial charge in [-0.15, -0.1) is 0 Å². The summed E-state index contributed by atoms with van der Waals surface area (Å²) in [6.45, 7) is 2.74. The van der Waals surface area contributed by atoms with Crippen LogP contribution in [-0.2, 0) is 0 Å². The highest BCUT2D eigenvalue weighted by Crippen LogP contribution is 2.31. The lowest BCUT2D eigenvalue weighted by Crippen LogP contribution is -2.40. The molecule has 3 nitrogen and oxygen atoms in total. The molecule has 0 aliphatic carbocycles. The molecule has 0 atom stereocenters. The molecule has 0 spiro atoms. The third-order valence-corrected chi connectivity index (χ3v) is 4.04. The zero-order valence-corrected chi connectivity index (χ0v) is 12.3. The lowest BCUT2D eigenvalue weighted by Gasteiger charge is -2.36. The minimum Gasteiger partial charge on any atom is -0.371 e. The fourth-order valence-corrected chi connectivity index (χ4v) is 2.80. The van der Waals surface area contributed by atoms with Crippen LogP contribution in [0, 0.1) is 0 Å². The second kappa shape index (κ2) is 6.00. The minimum atomic E-state index is 0.215. The average molecular weight is 280 g/mol. The summed E-state index contributed by atoms with van der Waals surface area (Å²) in [6, 6.07) is 17.9. The van der Waals surface area contributed by atoms with E-state index in [0.717, 1.165) is 25.2 Å². The monoisotopic (exact) mass is 280 g/mol. The summed E-state index contributed by atoms with van der Waals surface area (Å²) in [6.07, 6.45) is 0.558. The number of para-hydroxylation sites is 2. The molecule has 0 bridgehead atoms. The highest BCUT2D eigenvalue weighted by Gasteiger charge is 2.20. The van der Waals surface area contributed by atoms with Crippen LogP contribution in [-0.4, -0.2) is 32.5 Å². The first-order valence-electron chi connectivity index (χ1n) is 7.39. The number of nitrogens with zero attached hydrogens (tertiary/aromatic N) is 2. The Morgan fingerprint density at radius 1 is 0.952 bits per heavy atom. The molecule has 3 heteroatoms. The van der Waals surface area contributed by atoms with Crippen molar-refractivity contribution in [2.45, 2.75) is 6.42 Å². The first-order chi connectivity index (χ1) is 10.3. The number of fused-ring (bicyclic) bond motifs is 1. The number of likely N-dealkylation sites (N-methyl/N-ethyl adjacent to an activating group) is 1. The molecule has 0 aromatic heterocycles. The second-order valence-corrected chi connectivity index (χ2v) is 5.44. The molecule has 0 unspecified atom stereocenters. The summed E-state index contributed by atoms with van der Waals surface area (Å²) in [4.78, 5) is 16.8. The highest BCUT2D eigenvalue weighted by molar-refractivity contribution is 5.96. The summed E-state index contributed by atoms with van der Waals surface area (Å²) < 4.78 is 0. The number of anilines is 2. The SMILES string of the molecule is CN1CCN(CCC(=O)c2ccccc2)c2ccccc21. The Kier molecular flexibility index (Phi) is 3.91. The average Bonchev–Trinajstić information content (AvgIpc) is 2.55. The molecule has 2 aromatic rings. The maximum Gasteiger partial charge on any atom is 0.164 e. The molecule has 0 N–H and O–H groups in total. The number of benzene rings is 2. The molecule has 0 saturated heterocycles. The van der Waals surface area contributed by atoms with E-state index >= 15 is 0 Å². The van der Waals surface area contributed by atoms with Crippen molar-refractivity contribution in [3.05, 3.63) is 60.2 Å². The number of hydrogen-bond acceptors (Lipinski definition) is 3. The van der Waals surface area contributed by atoms with Crippen LogP contribution in [0.15, 0.2) is 54.6 Å². The van der Waals surface area contributed by atoms with Crippen LogP contribution in [0.2, 0.25) is 0 Å².